The molecule has 0 aliphatic carbocycles. The molecule has 1 saturated heterocycles. The Labute approximate surface area is 221 Å². The van der Waals surface area contributed by atoms with Crippen molar-refractivity contribution in [3.8, 4) is 0 Å². The smallest absolute Gasteiger partial charge is 0.288 e. The summed E-state index contributed by atoms with van der Waals surface area (Å²) < 4.78 is 32.7. The van der Waals surface area contributed by atoms with Gasteiger partial charge in [0.1, 0.15) is 11.1 Å². The minimum atomic E-state index is -4.07. The van der Waals surface area contributed by atoms with E-state index in [1.807, 2.05) is 0 Å². The van der Waals surface area contributed by atoms with Gasteiger partial charge in [0, 0.05) is 18.1 Å². The number of hydrogen-bond donors (Lipinski definition) is 3. The number of aromatic amines is 1. The number of nitrogens with one attached hydrogen (secondary N) is 2. The summed E-state index contributed by atoms with van der Waals surface area (Å²) in [5, 5.41) is 23.0. The molecule has 15 heteroatoms. The number of halogens is 1. The topological polar surface area (TPSA) is 182 Å². The van der Waals surface area contributed by atoms with Gasteiger partial charge in [0.25, 0.3) is 11.2 Å². The number of benzene rings is 2. The van der Waals surface area contributed by atoms with Crippen molar-refractivity contribution in [2.45, 2.75) is 35.0 Å². The number of imidazole rings is 1. The number of para-hydroxylation sites is 1. The van der Waals surface area contributed by atoms with E-state index in [9.17, 15) is 23.3 Å². The Hall–Kier alpha value is -3.85. The molecule has 3 N–H and O–H groups in total. The number of anilines is 1. The number of aliphatic hydroxyl groups excluding tert-OH is 1. The Kier molecular flexibility index (Phi) is 8.06. The second-order valence-electron chi connectivity index (χ2n) is 8.15. The third-order valence-electron chi connectivity index (χ3n) is 5.82. The average molecular weight is 563 g/mol. The molecular weight excluding hydrogens is 540 g/mol. The Bertz CT molecular complexity index is 1640. The van der Waals surface area contributed by atoms with E-state index < -0.39 is 20.4 Å². The van der Waals surface area contributed by atoms with E-state index in [-0.39, 0.29) is 39.3 Å². The fourth-order valence-electron chi connectivity index (χ4n) is 3.98. The number of nitro benzene ring substituents is 1. The first-order valence-electron chi connectivity index (χ1n) is 11.3. The fourth-order valence-corrected chi connectivity index (χ4v) is 5.87. The summed E-state index contributed by atoms with van der Waals surface area (Å²) in [7, 11) is -2.51. The number of aromatic nitrogens is 4. The lowest BCUT2D eigenvalue weighted by Crippen LogP contribution is -2.14. The number of aliphatic hydroxyl groups is 1. The molecule has 200 valence electrons. The Balaban J connectivity index is 0.000000180. The molecule has 0 spiro atoms. The number of rotatable bonds is 6. The first-order chi connectivity index (χ1) is 18.2. The lowest BCUT2D eigenvalue weighted by atomic mass is 10.2. The number of fused-ring (bicyclic) bond motifs is 1. The zero-order valence-electron chi connectivity index (χ0n) is 19.9. The molecule has 5 rings (SSSR count). The van der Waals surface area contributed by atoms with Gasteiger partial charge in [-0.25, -0.2) is 18.4 Å². The van der Waals surface area contributed by atoms with E-state index >= 15 is 0 Å². The minimum Gasteiger partial charge on any atom is -0.394 e. The molecule has 0 bridgehead atoms. The summed E-state index contributed by atoms with van der Waals surface area (Å²) in [5.74, 6) is 0. The van der Waals surface area contributed by atoms with Gasteiger partial charge < -0.3 is 20.1 Å². The van der Waals surface area contributed by atoms with E-state index in [2.05, 4.69) is 20.3 Å². The molecule has 13 nitrogen and oxygen atoms in total. The van der Waals surface area contributed by atoms with Gasteiger partial charge in [-0.2, -0.15) is 0 Å². The zero-order chi connectivity index (χ0) is 27.4. The maximum Gasteiger partial charge on any atom is 0.288 e. The average Bonchev–Trinajstić information content (AvgIpc) is 3.57. The molecule has 2 atom stereocenters. The first kappa shape index (κ1) is 27.2. The van der Waals surface area contributed by atoms with Crippen molar-refractivity contribution >= 4 is 44.0 Å². The second kappa shape index (κ2) is 11.3. The highest BCUT2D eigenvalue weighted by Crippen LogP contribution is 2.34. The molecule has 1 aliphatic rings. The van der Waals surface area contributed by atoms with E-state index in [4.69, 9.17) is 21.4 Å². The van der Waals surface area contributed by atoms with Crippen LogP contribution >= 0.6 is 11.6 Å². The van der Waals surface area contributed by atoms with Crippen LogP contribution in [0.2, 0.25) is 5.02 Å². The molecule has 1 aliphatic heterocycles. The van der Waals surface area contributed by atoms with E-state index in [0.29, 0.717) is 16.9 Å². The van der Waals surface area contributed by atoms with Crippen LogP contribution in [0.25, 0.3) is 11.2 Å². The molecule has 0 radical (unpaired) electrons. The van der Waals surface area contributed by atoms with Crippen molar-refractivity contribution in [3.05, 3.63) is 80.6 Å². The standard InChI is InChI=1S/C13H11ClN2O4S.C10H12N4O3/c1-15-10-7-6-9(14)8-13(10)21(19,20)12-5-3-2-4-11(12)16(17)18;15-3-6-1-2-7(17-6)14-5-13-8-9(14)11-4-12-10(8)16/h2-8,15H,1H3;4-7,15H,1-3H2,(H,11,12,16)/t;6-,7+/m.0/s1. The maximum absolute atomic E-state index is 12.7. The van der Waals surface area contributed by atoms with Gasteiger partial charge in [0.2, 0.25) is 9.84 Å². The van der Waals surface area contributed by atoms with Crippen LogP contribution in [0.1, 0.15) is 19.1 Å². The Morgan fingerprint density at radius 3 is 2.68 bits per heavy atom. The molecule has 3 heterocycles. The second-order valence-corrected chi connectivity index (χ2v) is 10.5. The molecule has 2 aromatic carbocycles. The predicted octanol–water partition coefficient (Wildman–Crippen LogP) is 2.91. The van der Waals surface area contributed by atoms with Crippen LogP contribution in [-0.4, -0.2) is 57.7 Å². The Morgan fingerprint density at radius 1 is 1.24 bits per heavy atom. The molecule has 0 saturated carbocycles. The largest absolute Gasteiger partial charge is 0.394 e. The summed E-state index contributed by atoms with van der Waals surface area (Å²) in [4.78, 5) is 31.9. The van der Waals surface area contributed by atoms with Gasteiger partial charge in [-0.3, -0.25) is 19.5 Å². The van der Waals surface area contributed by atoms with Crippen LogP contribution in [0.4, 0.5) is 11.4 Å². The highest BCUT2D eigenvalue weighted by molar-refractivity contribution is 7.91. The fraction of sp³-hybridized carbons (Fsp3) is 0.261. The van der Waals surface area contributed by atoms with Crippen molar-refractivity contribution in [2.75, 3.05) is 19.0 Å². The van der Waals surface area contributed by atoms with E-state index in [1.165, 1.54) is 42.7 Å². The molecular formula is C23H23ClN6O7S. The van der Waals surface area contributed by atoms with Gasteiger partial charge in [0.15, 0.2) is 11.2 Å². The van der Waals surface area contributed by atoms with Crippen molar-refractivity contribution in [1.29, 1.82) is 0 Å². The highest BCUT2D eigenvalue weighted by atomic mass is 35.5. The van der Waals surface area contributed by atoms with Crippen LogP contribution in [0.15, 0.2) is 69.7 Å². The van der Waals surface area contributed by atoms with Crippen LogP contribution in [0.5, 0.6) is 0 Å². The SMILES string of the molecule is CNc1ccc(Cl)cc1S(=O)(=O)c1ccccc1[N+](=O)[O-].O=c1[nH]cnc2c1ncn2[C@H]1CC[C@@H](CO)O1. The summed E-state index contributed by atoms with van der Waals surface area (Å²) in [6.07, 6.45) is 4.14. The normalized spacial score (nSPS) is 17.1. The summed E-state index contributed by atoms with van der Waals surface area (Å²) in [6.45, 7) is 0.0111. The Morgan fingerprint density at radius 2 is 2.00 bits per heavy atom. The number of nitrogens with zero attached hydrogens (tertiary/aromatic N) is 4. The van der Waals surface area contributed by atoms with Crippen molar-refractivity contribution in [3.63, 3.8) is 0 Å². The molecule has 4 aromatic rings. The predicted molar refractivity (Wildman–Crippen MR) is 138 cm³/mol. The number of sulfone groups is 1. The van der Waals surface area contributed by atoms with Gasteiger partial charge in [0.05, 0.1) is 40.9 Å². The van der Waals surface area contributed by atoms with Crippen molar-refractivity contribution < 1.29 is 23.2 Å². The summed E-state index contributed by atoms with van der Waals surface area (Å²) >= 11 is 5.84. The zero-order valence-corrected chi connectivity index (χ0v) is 21.5. The molecule has 2 aromatic heterocycles. The molecule has 1 fully saturated rings. The van der Waals surface area contributed by atoms with E-state index in [1.54, 1.807) is 17.9 Å². The third kappa shape index (κ3) is 5.38. The van der Waals surface area contributed by atoms with Gasteiger partial charge >= 0.3 is 0 Å². The monoisotopic (exact) mass is 562 g/mol. The van der Waals surface area contributed by atoms with Crippen LogP contribution in [0, 0.1) is 10.1 Å². The molecule has 0 amide bonds. The molecule has 38 heavy (non-hydrogen) atoms. The highest BCUT2D eigenvalue weighted by Gasteiger charge is 2.29. The minimum absolute atomic E-state index is 0.0111. The van der Waals surface area contributed by atoms with Gasteiger partial charge in [-0.15, -0.1) is 0 Å². The van der Waals surface area contributed by atoms with Crippen molar-refractivity contribution in [2.24, 2.45) is 0 Å². The quantitative estimate of drug-likeness (QED) is 0.233. The summed E-state index contributed by atoms with van der Waals surface area (Å²) in [5.41, 5.74) is 0.406. The van der Waals surface area contributed by atoms with E-state index in [0.717, 1.165) is 18.9 Å². The third-order valence-corrected chi connectivity index (χ3v) is 7.89. The number of ether oxygens (including phenoxy) is 1. The number of nitro groups is 1. The lowest BCUT2D eigenvalue weighted by molar-refractivity contribution is -0.387. The van der Waals surface area contributed by atoms with Crippen LogP contribution in [-0.2, 0) is 14.6 Å². The van der Waals surface area contributed by atoms with Crippen LogP contribution < -0.4 is 10.9 Å². The summed E-state index contributed by atoms with van der Waals surface area (Å²) in [6, 6.07) is 9.50. The van der Waals surface area contributed by atoms with Crippen LogP contribution in [0.3, 0.4) is 0 Å². The van der Waals surface area contributed by atoms with Crippen molar-refractivity contribution in [1.82, 2.24) is 19.5 Å². The molecule has 0 unspecified atom stereocenters. The number of H-pyrrole nitrogens is 1. The van der Waals surface area contributed by atoms with Gasteiger partial charge in [-0.1, -0.05) is 23.7 Å². The first-order valence-corrected chi connectivity index (χ1v) is 13.2. The number of hydrogen-bond acceptors (Lipinski definition) is 10. The lowest BCUT2D eigenvalue weighted by Gasteiger charge is -2.13. The maximum atomic E-state index is 12.7. The van der Waals surface area contributed by atoms with Gasteiger partial charge in [-0.05, 0) is 37.1 Å².